The highest BCUT2D eigenvalue weighted by Gasteiger charge is 2.68. The normalized spacial score (nSPS) is 31.3. The summed E-state index contributed by atoms with van der Waals surface area (Å²) in [6.45, 7) is 0.305. The van der Waals surface area contributed by atoms with E-state index in [1.54, 1.807) is 18.2 Å². The molecular weight excluding hydrogens is 597 g/mol. The summed E-state index contributed by atoms with van der Waals surface area (Å²) in [6.07, 6.45) is 10.3. The molecule has 4 aliphatic rings. The zero-order valence-electron chi connectivity index (χ0n) is 23.0. The monoisotopic (exact) mass is 637 g/mol. The van der Waals surface area contributed by atoms with Gasteiger partial charge in [0.15, 0.2) is 0 Å². The quantitative estimate of drug-likeness (QED) is 0.389. The largest absolute Gasteiger partial charge is 0.336 e. The number of benzene rings is 1. The number of hydrogen-bond donors (Lipinski definition) is 2. The van der Waals surface area contributed by atoms with E-state index in [2.05, 4.69) is 9.44 Å². The second kappa shape index (κ2) is 12.2. The van der Waals surface area contributed by atoms with E-state index in [1.165, 1.54) is 0 Å². The number of fused-ring (bicyclic) bond motifs is 1. The standard InChI is InChI=1S/C27H41Cl2N3O6S2/c1-32-18-26(37-39(33,34)30-20-10-4-2-5-11-20)17-9-14-22(25-23(28)15-8-16-24(25)29)27(26,19-32)38-40(35,36)31-21-12-6-3-7-13-21/h8,15-16,20-22,30-31H,2-7,9-14,17-19H2,1H3/t22-,26+,27+/m0/s1. The molecule has 0 spiro atoms. The van der Waals surface area contributed by atoms with Crippen molar-refractivity contribution in [2.24, 2.45) is 0 Å². The third kappa shape index (κ3) is 6.53. The molecule has 0 unspecified atom stereocenters. The maximum atomic E-state index is 13.7. The van der Waals surface area contributed by atoms with Crippen LogP contribution >= 0.6 is 23.2 Å². The van der Waals surface area contributed by atoms with Gasteiger partial charge >= 0.3 is 20.6 Å². The molecule has 1 aromatic rings. The second-order valence-corrected chi connectivity index (χ2v) is 15.6. The van der Waals surface area contributed by atoms with Gasteiger partial charge in [0.2, 0.25) is 0 Å². The Hall–Kier alpha value is -0.500. The molecule has 1 aromatic carbocycles. The zero-order valence-corrected chi connectivity index (χ0v) is 26.2. The average molecular weight is 639 g/mol. The summed E-state index contributed by atoms with van der Waals surface area (Å²) in [4.78, 5) is 1.88. The number of nitrogens with one attached hydrogen (secondary N) is 2. The SMILES string of the molecule is CN1C[C@]2(OS(=O)(=O)NC3CCCCC3)CCC[C@@H](c3c(Cl)cccc3Cl)[C@]2(OS(=O)(=O)NC2CCCCC2)C1. The summed E-state index contributed by atoms with van der Waals surface area (Å²) in [6, 6.07) is 4.71. The summed E-state index contributed by atoms with van der Waals surface area (Å²) in [7, 11) is -6.74. The van der Waals surface area contributed by atoms with Gasteiger partial charge in [0.05, 0.1) is 0 Å². The van der Waals surface area contributed by atoms with Gasteiger partial charge in [-0.25, -0.2) is 8.37 Å². The molecular formula is C27H41Cl2N3O6S2. The first kappa shape index (κ1) is 30.9. The fourth-order valence-corrected chi connectivity index (χ4v) is 11.0. The van der Waals surface area contributed by atoms with Crippen LogP contribution < -0.4 is 9.44 Å². The van der Waals surface area contributed by atoms with Crippen LogP contribution in [-0.4, -0.2) is 65.2 Å². The maximum Gasteiger partial charge on any atom is 0.336 e. The van der Waals surface area contributed by atoms with E-state index in [0.29, 0.717) is 34.9 Å². The van der Waals surface area contributed by atoms with Gasteiger partial charge in [-0.2, -0.15) is 26.3 Å². The Balaban J connectivity index is 1.56. The zero-order chi connectivity index (χ0) is 28.6. The Morgan fingerprint density at radius 2 is 1.30 bits per heavy atom. The predicted molar refractivity (Wildman–Crippen MR) is 156 cm³/mol. The molecule has 1 saturated heterocycles. The highest BCUT2D eigenvalue weighted by atomic mass is 35.5. The van der Waals surface area contributed by atoms with E-state index >= 15 is 0 Å². The second-order valence-electron chi connectivity index (χ2n) is 12.1. The predicted octanol–water partition coefficient (Wildman–Crippen LogP) is 5.05. The summed E-state index contributed by atoms with van der Waals surface area (Å²) in [5.41, 5.74) is -2.51. The Labute approximate surface area is 249 Å². The van der Waals surface area contributed by atoms with Gasteiger partial charge in [-0.3, -0.25) is 0 Å². The maximum absolute atomic E-state index is 13.7. The number of hydrogen-bond acceptors (Lipinski definition) is 7. The van der Waals surface area contributed by atoms with E-state index in [1.807, 2.05) is 11.9 Å². The smallest absolute Gasteiger partial charge is 0.300 e. The Kier molecular flexibility index (Phi) is 9.47. The molecule has 0 aromatic heterocycles. The molecule has 0 bridgehead atoms. The lowest BCUT2D eigenvalue weighted by atomic mass is 9.65. The van der Waals surface area contributed by atoms with Crippen LogP contribution in [0.2, 0.25) is 10.0 Å². The Bertz CT molecular complexity index is 1250. The van der Waals surface area contributed by atoms with Crippen molar-refractivity contribution < 1.29 is 25.2 Å². The van der Waals surface area contributed by atoms with Crippen LogP contribution in [0.3, 0.4) is 0 Å². The van der Waals surface area contributed by atoms with Crippen LogP contribution in [0.1, 0.15) is 95.0 Å². The lowest BCUT2D eigenvalue weighted by Gasteiger charge is -2.51. The molecule has 0 amide bonds. The van der Waals surface area contributed by atoms with Crippen molar-refractivity contribution in [3.05, 3.63) is 33.8 Å². The molecule has 3 atom stereocenters. The van der Waals surface area contributed by atoms with Gasteiger partial charge in [-0.15, -0.1) is 0 Å². The van der Waals surface area contributed by atoms with E-state index in [-0.39, 0.29) is 25.2 Å². The fraction of sp³-hybridized carbons (Fsp3) is 0.778. The van der Waals surface area contributed by atoms with Gasteiger partial charge in [-0.1, -0.05) is 67.8 Å². The first-order chi connectivity index (χ1) is 18.9. The van der Waals surface area contributed by atoms with Crippen molar-refractivity contribution in [3.63, 3.8) is 0 Å². The molecule has 3 saturated carbocycles. The lowest BCUT2D eigenvalue weighted by molar-refractivity contribution is -0.117. The van der Waals surface area contributed by atoms with Crippen molar-refractivity contribution in [2.45, 2.75) is 113 Å². The molecule has 5 rings (SSSR count). The third-order valence-electron chi connectivity index (χ3n) is 9.15. The number of nitrogens with zero attached hydrogens (tertiary/aromatic N) is 1. The van der Waals surface area contributed by atoms with Crippen LogP contribution in [0.15, 0.2) is 18.2 Å². The van der Waals surface area contributed by atoms with Crippen LogP contribution in [0, 0.1) is 0 Å². The highest BCUT2D eigenvalue weighted by Crippen LogP contribution is 2.57. The molecule has 1 aliphatic heterocycles. The topological polar surface area (TPSA) is 114 Å². The molecule has 226 valence electrons. The summed E-state index contributed by atoms with van der Waals surface area (Å²) in [5, 5.41) is 0.762. The van der Waals surface area contributed by atoms with Gasteiger partial charge in [0.25, 0.3) is 0 Å². The third-order valence-corrected chi connectivity index (χ3v) is 12.1. The van der Waals surface area contributed by atoms with E-state index in [0.717, 1.165) is 64.2 Å². The van der Waals surface area contributed by atoms with Crippen LogP contribution in [0.5, 0.6) is 0 Å². The van der Waals surface area contributed by atoms with Gasteiger partial charge < -0.3 is 4.90 Å². The van der Waals surface area contributed by atoms with Crippen molar-refractivity contribution in [1.82, 2.24) is 14.3 Å². The van der Waals surface area contributed by atoms with Crippen molar-refractivity contribution in [1.29, 1.82) is 0 Å². The minimum atomic E-state index is -4.31. The molecule has 2 N–H and O–H groups in total. The first-order valence-corrected chi connectivity index (χ1v) is 18.1. The van der Waals surface area contributed by atoms with Gasteiger partial charge in [-0.05, 0) is 69.7 Å². The summed E-state index contributed by atoms with van der Waals surface area (Å²) >= 11 is 13.4. The molecule has 9 nitrogen and oxygen atoms in total. The molecule has 13 heteroatoms. The van der Waals surface area contributed by atoms with Crippen LogP contribution in [-0.2, 0) is 29.0 Å². The Morgan fingerprint density at radius 1 is 0.775 bits per heavy atom. The average Bonchev–Trinajstić information content (AvgIpc) is 3.14. The molecule has 0 radical (unpaired) electrons. The molecule has 40 heavy (non-hydrogen) atoms. The number of rotatable bonds is 9. The lowest BCUT2D eigenvalue weighted by Crippen LogP contribution is -2.65. The number of likely N-dealkylation sites (tertiary alicyclic amines) is 1. The van der Waals surface area contributed by atoms with Gasteiger partial charge in [0, 0.05) is 41.1 Å². The van der Waals surface area contributed by atoms with Gasteiger partial charge in [0.1, 0.15) is 11.2 Å². The summed E-state index contributed by atoms with van der Waals surface area (Å²) in [5.74, 6) is -0.625. The van der Waals surface area contributed by atoms with Crippen molar-refractivity contribution in [3.8, 4) is 0 Å². The van der Waals surface area contributed by atoms with Crippen molar-refractivity contribution in [2.75, 3.05) is 20.1 Å². The molecule has 3 aliphatic carbocycles. The summed E-state index contributed by atoms with van der Waals surface area (Å²) < 4.78 is 72.6. The first-order valence-electron chi connectivity index (χ1n) is 14.5. The number of halogens is 2. The van der Waals surface area contributed by atoms with E-state index < -0.39 is 37.7 Å². The van der Waals surface area contributed by atoms with E-state index in [4.69, 9.17) is 31.6 Å². The van der Waals surface area contributed by atoms with Crippen LogP contribution in [0.4, 0.5) is 0 Å². The minimum Gasteiger partial charge on any atom is -0.300 e. The molecule has 1 heterocycles. The molecule has 4 fully saturated rings. The highest BCUT2D eigenvalue weighted by molar-refractivity contribution is 7.85. The van der Waals surface area contributed by atoms with E-state index in [9.17, 15) is 16.8 Å². The Morgan fingerprint density at radius 3 is 1.85 bits per heavy atom. The van der Waals surface area contributed by atoms with Crippen molar-refractivity contribution >= 4 is 43.8 Å². The number of likely N-dealkylation sites (N-methyl/N-ethyl adjacent to an activating group) is 1. The van der Waals surface area contributed by atoms with Crippen LogP contribution in [0.25, 0.3) is 0 Å². The minimum absolute atomic E-state index is 0.129. The fourth-order valence-electron chi connectivity index (χ4n) is 7.54.